The molecule has 1 amide bonds. The van der Waals surface area contributed by atoms with Crippen molar-refractivity contribution in [1.29, 1.82) is 0 Å². The van der Waals surface area contributed by atoms with Crippen LogP contribution in [-0.4, -0.2) is 28.6 Å². The van der Waals surface area contributed by atoms with Gasteiger partial charge in [-0.05, 0) is 31.7 Å². The average Bonchev–Trinajstić information content (AvgIpc) is 3.15. The van der Waals surface area contributed by atoms with Gasteiger partial charge in [-0.1, -0.05) is 30.3 Å². The van der Waals surface area contributed by atoms with Crippen LogP contribution in [0.1, 0.15) is 25.3 Å². The Labute approximate surface area is 108 Å². The molecule has 1 aliphatic rings. The smallest absolute Gasteiger partial charge is 0.236 e. The average molecular weight is 249 g/mol. The highest BCUT2D eigenvalue weighted by Crippen LogP contribution is 2.28. The number of thiol groups is 1. The maximum absolute atomic E-state index is 12.2. The second kappa shape index (κ2) is 5.58. The third-order valence-electron chi connectivity index (χ3n) is 3.17. The number of nitrogens with zero attached hydrogens (tertiary/aromatic N) is 1. The Bertz CT molecular complexity index is 375. The highest BCUT2D eigenvalue weighted by molar-refractivity contribution is 7.81. The first-order chi connectivity index (χ1) is 8.22. The Morgan fingerprint density at radius 2 is 2.06 bits per heavy atom. The van der Waals surface area contributed by atoms with Crippen LogP contribution in [-0.2, 0) is 11.2 Å². The Hall–Kier alpha value is -0.960. The first-order valence-electron chi connectivity index (χ1n) is 6.25. The fraction of sp³-hybridized carbons (Fsp3) is 0.500. The summed E-state index contributed by atoms with van der Waals surface area (Å²) in [6.07, 6.45) is 3.03. The molecule has 1 saturated carbocycles. The van der Waals surface area contributed by atoms with Crippen LogP contribution >= 0.6 is 12.6 Å². The minimum Gasteiger partial charge on any atom is -0.339 e. The zero-order valence-corrected chi connectivity index (χ0v) is 11.1. The summed E-state index contributed by atoms with van der Waals surface area (Å²) < 4.78 is 0. The van der Waals surface area contributed by atoms with Crippen molar-refractivity contribution in [3.8, 4) is 0 Å². The van der Waals surface area contributed by atoms with Crippen LogP contribution in [0.15, 0.2) is 30.3 Å². The van der Waals surface area contributed by atoms with Gasteiger partial charge in [-0.3, -0.25) is 4.79 Å². The van der Waals surface area contributed by atoms with E-state index in [1.54, 1.807) is 0 Å². The van der Waals surface area contributed by atoms with Crippen LogP contribution in [0, 0.1) is 0 Å². The molecule has 0 aliphatic heterocycles. The molecule has 17 heavy (non-hydrogen) atoms. The molecule has 0 aromatic heterocycles. The van der Waals surface area contributed by atoms with E-state index in [1.165, 1.54) is 5.56 Å². The topological polar surface area (TPSA) is 20.3 Å². The van der Waals surface area contributed by atoms with Crippen molar-refractivity contribution in [2.75, 3.05) is 6.54 Å². The maximum Gasteiger partial charge on any atom is 0.236 e. The lowest BCUT2D eigenvalue weighted by molar-refractivity contribution is -0.130. The van der Waals surface area contributed by atoms with E-state index in [9.17, 15) is 4.79 Å². The molecule has 92 valence electrons. The van der Waals surface area contributed by atoms with Gasteiger partial charge in [-0.25, -0.2) is 0 Å². The SMILES string of the molecule is CCN(C(=O)C(S)Cc1ccccc1)C1CC1. The molecule has 1 fully saturated rings. The monoisotopic (exact) mass is 249 g/mol. The number of benzene rings is 1. The molecule has 2 nitrogen and oxygen atoms in total. The standard InChI is InChI=1S/C14H19NOS/c1-2-15(12-8-9-12)14(16)13(17)10-11-6-4-3-5-7-11/h3-7,12-13,17H,2,8-10H2,1H3. The Morgan fingerprint density at radius 3 is 2.59 bits per heavy atom. The van der Waals surface area contributed by atoms with E-state index in [0.29, 0.717) is 12.5 Å². The molecule has 0 heterocycles. The second-order valence-electron chi connectivity index (χ2n) is 4.56. The highest BCUT2D eigenvalue weighted by atomic mass is 32.1. The fourth-order valence-corrected chi connectivity index (χ4v) is 2.46. The zero-order valence-electron chi connectivity index (χ0n) is 10.2. The normalized spacial score (nSPS) is 16.6. The number of carbonyl (C=O) groups is 1. The zero-order chi connectivity index (χ0) is 12.3. The lowest BCUT2D eigenvalue weighted by Crippen LogP contribution is -2.39. The maximum atomic E-state index is 12.2. The summed E-state index contributed by atoms with van der Waals surface area (Å²) in [5.74, 6) is 0.183. The summed E-state index contributed by atoms with van der Waals surface area (Å²) in [7, 11) is 0. The quantitative estimate of drug-likeness (QED) is 0.795. The van der Waals surface area contributed by atoms with E-state index in [0.717, 1.165) is 19.4 Å². The fourth-order valence-electron chi connectivity index (χ4n) is 2.10. The molecule has 0 bridgehead atoms. The van der Waals surface area contributed by atoms with Gasteiger partial charge in [0.1, 0.15) is 0 Å². The minimum atomic E-state index is -0.210. The van der Waals surface area contributed by atoms with Crippen LogP contribution in [0.4, 0.5) is 0 Å². The van der Waals surface area contributed by atoms with Crippen LogP contribution in [0.5, 0.6) is 0 Å². The molecule has 1 aromatic carbocycles. The molecule has 1 atom stereocenters. The number of rotatable bonds is 5. The summed E-state index contributed by atoms with van der Waals surface area (Å²) in [6, 6.07) is 10.6. The molecule has 0 saturated heterocycles. The first-order valence-corrected chi connectivity index (χ1v) is 6.76. The molecule has 0 N–H and O–H groups in total. The second-order valence-corrected chi connectivity index (χ2v) is 5.18. The summed E-state index contributed by atoms with van der Waals surface area (Å²) in [5.41, 5.74) is 1.17. The van der Waals surface area contributed by atoms with Gasteiger partial charge < -0.3 is 4.90 Å². The third-order valence-corrected chi connectivity index (χ3v) is 3.57. The number of hydrogen-bond donors (Lipinski definition) is 1. The van der Waals surface area contributed by atoms with Gasteiger partial charge in [0.2, 0.25) is 5.91 Å². The van der Waals surface area contributed by atoms with Crippen molar-refractivity contribution in [2.45, 2.75) is 37.5 Å². The van der Waals surface area contributed by atoms with Gasteiger partial charge in [0.15, 0.2) is 0 Å². The van der Waals surface area contributed by atoms with Gasteiger partial charge in [-0.2, -0.15) is 12.6 Å². The van der Waals surface area contributed by atoms with Crippen molar-refractivity contribution in [1.82, 2.24) is 4.90 Å². The van der Waals surface area contributed by atoms with Crippen molar-refractivity contribution < 1.29 is 4.79 Å². The predicted molar refractivity (Wildman–Crippen MR) is 73.3 cm³/mol. The largest absolute Gasteiger partial charge is 0.339 e. The Balaban J connectivity index is 1.94. The van der Waals surface area contributed by atoms with Crippen LogP contribution in [0.3, 0.4) is 0 Å². The van der Waals surface area contributed by atoms with E-state index in [1.807, 2.05) is 42.2 Å². The van der Waals surface area contributed by atoms with Gasteiger partial charge in [0, 0.05) is 12.6 Å². The highest BCUT2D eigenvalue weighted by Gasteiger charge is 2.33. The van der Waals surface area contributed by atoms with Gasteiger partial charge in [-0.15, -0.1) is 0 Å². The van der Waals surface area contributed by atoms with Crippen molar-refractivity contribution in [3.63, 3.8) is 0 Å². The lowest BCUT2D eigenvalue weighted by atomic mass is 10.1. The van der Waals surface area contributed by atoms with Crippen LogP contribution in [0.25, 0.3) is 0 Å². The molecule has 3 heteroatoms. The number of amides is 1. The minimum absolute atomic E-state index is 0.183. The van der Waals surface area contributed by atoms with E-state index in [2.05, 4.69) is 12.6 Å². The number of carbonyl (C=O) groups excluding carboxylic acids is 1. The predicted octanol–water partition coefficient (Wildman–Crippen LogP) is 2.54. The molecule has 0 radical (unpaired) electrons. The van der Waals surface area contributed by atoms with Crippen molar-refractivity contribution in [2.24, 2.45) is 0 Å². The molecule has 1 aromatic rings. The van der Waals surface area contributed by atoms with Gasteiger partial charge in [0.05, 0.1) is 5.25 Å². The molecule has 2 rings (SSSR count). The molecule has 1 aliphatic carbocycles. The first kappa shape index (κ1) is 12.5. The van der Waals surface area contributed by atoms with E-state index in [4.69, 9.17) is 0 Å². The van der Waals surface area contributed by atoms with Gasteiger partial charge in [0.25, 0.3) is 0 Å². The third kappa shape index (κ3) is 3.25. The van der Waals surface area contributed by atoms with Crippen molar-refractivity contribution >= 4 is 18.5 Å². The van der Waals surface area contributed by atoms with Crippen LogP contribution < -0.4 is 0 Å². The Morgan fingerprint density at radius 1 is 1.41 bits per heavy atom. The molecular weight excluding hydrogens is 230 g/mol. The molecular formula is C14H19NOS. The summed E-state index contributed by atoms with van der Waals surface area (Å²) in [5, 5.41) is -0.210. The summed E-state index contributed by atoms with van der Waals surface area (Å²) in [6.45, 7) is 2.84. The lowest BCUT2D eigenvalue weighted by Gasteiger charge is -2.23. The van der Waals surface area contributed by atoms with E-state index >= 15 is 0 Å². The van der Waals surface area contributed by atoms with Gasteiger partial charge >= 0.3 is 0 Å². The molecule has 0 spiro atoms. The summed E-state index contributed by atoms with van der Waals surface area (Å²) in [4.78, 5) is 14.2. The van der Waals surface area contributed by atoms with Crippen LogP contribution in [0.2, 0.25) is 0 Å². The Kier molecular flexibility index (Phi) is 4.11. The molecule has 1 unspecified atom stereocenters. The number of hydrogen-bond acceptors (Lipinski definition) is 2. The van der Waals surface area contributed by atoms with E-state index in [-0.39, 0.29) is 11.2 Å². The summed E-state index contributed by atoms with van der Waals surface area (Å²) >= 11 is 4.46. The van der Waals surface area contributed by atoms with Crippen molar-refractivity contribution in [3.05, 3.63) is 35.9 Å². The van der Waals surface area contributed by atoms with E-state index < -0.39 is 0 Å².